The number of rotatable bonds is 5. The van der Waals surface area contributed by atoms with E-state index in [1.54, 1.807) is 19.1 Å². The van der Waals surface area contributed by atoms with Crippen LogP contribution in [-0.2, 0) is 9.47 Å². The summed E-state index contributed by atoms with van der Waals surface area (Å²) in [7, 11) is 1.32. The number of hydrogen-bond acceptors (Lipinski definition) is 4. The molecule has 0 N–H and O–H groups in total. The number of methoxy groups -OCH3 is 1. The van der Waals surface area contributed by atoms with E-state index in [1.807, 2.05) is 6.92 Å². The van der Waals surface area contributed by atoms with E-state index in [-0.39, 0.29) is 41.9 Å². The largest absolute Gasteiger partial charge is 1.00 e. The second kappa shape index (κ2) is 7.71. The van der Waals surface area contributed by atoms with E-state index in [4.69, 9.17) is 4.74 Å². The standard InChI is InChI=1S/C12H15O4.Na/c1-4-16-7-11(13)9-5-8(2)10(6-9)12(14)15-3;/h5-6H,4,7H2,1-3H3;/q-1;+1. The predicted octanol–water partition coefficient (Wildman–Crippen LogP) is -1.28. The molecule has 0 heterocycles. The Bertz CT molecular complexity index is 395. The Morgan fingerprint density at radius 2 is 2.06 bits per heavy atom. The normalized spacial score (nSPS) is 9.59. The van der Waals surface area contributed by atoms with Crippen molar-refractivity contribution in [3.63, 3.8) is 0 Å². The summed E-state index contributed by atoms with van der Waals surface area (Å²) in [6, 6.07) is 3.22. The van der Waals surface area contributed by atoms with Crippen molar-refractivity contribution in [3.8, 4) is 0 Å². The molecule has 0 atom stereocenters. The minimum atomic E-state index is -0.423. The quantitative estimate of drug-likeness (QED) is 0.281. The maximum Gasteiger partial charge on any atom is 1.00 e. The average Bonchev–Trinajstić information content (AvgIpc) is 2.67. The average molecular weight is 246 g/mol. The Morgan fingerprint density at radius 1 is 1.41 bits per heavy atom. The van der Waals surface area contributed by atoms with Crippen LogP contribution in [0.1, 0.15) is 33.2 Å². The first-order valence-electron chi connectivity index (χ1n) is 5.06. The van der Waals surface area contributed by atoms with E-state index in [2.05, 4.69) is 4.74 Å². The number of carbonyl (C=O) groups excluding carboxylic acids is 2. The van der Waals surface area contributed by atoms with Crippen LogP contribution >= 0.6 is 0 Å². The van der Waals surface area contributed by atoms with Crippen LogP contribution in [0.3, 0.4) is 0 Å². The zero-order valence-corrected chi connectivity index (χ0v) is 12.7. The molecule has 5 heteroatoms. The van der Waals surface area contributed by atoms with Crippen molar-refractivity contribution in [2.24, 2.45) is 0 Å². The zero-order valence-electron chi connectivity index (χ0n) is 10.7. The summed E-state index contributed by atoms with van der Waals surface area (Å²) in [4.78, 5) is 22.9. The monoisotopic (exact) mass is 246 g/mol. The second-order valence-corrected chi connectivity index (χ2v) is 3.39. The van der Waals surface area contributed by atoms with Crippen LogP contribution in [0.15, 0.2) is 12.1 Å². The van der Waals surface area contributed by atoms with Crippen molar-refractivity contribution in [3.05, 3.63) is 28.8 Å². The molecule has 1 aromatic carbocycles. The van der Waals surface area contributed by atoms with E-state index in [9.17, 15) is 9.59 Å². The first kappa shape index (κ1) is 16.4. The maximum atomic E-state index is 11.6. The van der Waals surface area contributed by atoms with Gasteiger partial charge in [-0.15, -0.1) is 5.56 Å². The van der Waals surface area contributed by atoms with Crippen LogP contribution in [0.25, 0.3) is 0 Å². The molecule has 0 aromatic heterocycles. The molecule has 0 aliphatic carbocycles. The summed E-state index contributed by atoms with van der Waals surface area (Å²) in [6.45, 7) is 4.13. The summed E-state index contributed by atoms with van der Waals surface area (Å²) >= 11 is 0. The van der Waals surface area contributed by atoms with Crippen LogP contribution < -0.4 is 29.6 Å². The zero-order chi connectivity index (χ0) is 12.1. The maximum absolute atomic E-state index is 11.6. The minimum Gasteiger partial charge on any atom is -0.475 e. The van der Waals surface area contributed by atoms with Gasteiger partial charge in [-0.2, -0.15) is 17.7 Å². The van der Waals surface area contributed by atoms with Crippen LogP contribution in [-0.4, -0.2) is 32.1 Å². The summed E-state index contributed by atoms with van der Waals surface area (Å²) in [5.74, 6) is -0.548. The molecule has 0 spiro atoms. The molecule has 88 valence electrons. The third-order valence-electron chi connectivity index (χ3n) is 2.26. The van der Waals surface area contributed by atoms with Gasteiger partial charge < -0.3 is 14.3 Å². The smallest absolute Gasteiger partial charge is 0.475 e. The molecule has 4 nitrogen and oxygen atoms in total. The molecule has 0 amide bonds. The van der Waals surface area contributed by atoms with E-state index >= 15 is 0 Å². The number of Topliss-reactive ketones (excluding diaryl/α,β-unsaturated/α-hetero) is 1. The van der Waals surface area contributed by atoms with Gasteiger partial charge in [0.15, 0.2) is 0 Å². The molecule has 0 unspecified atom stereocenters. The summed E-state index contributed by atoms with van der Waals surface area (Å²) in [6.07, 6.45) is 0. The Labute approximate surface area is 123 Å². The molecule has 0 saturated heterocycles. The van der Waals surface area contributed by atoms with Gasteiger partial charge in [0.25, 0.3) is 5.97 Å². The fourth-order valence-electron chi connectivity index (χ4n) is 1.39. The van der Waals surface area contributed by atoms with E-state index < -0.39 is 5.97 Å². The Hall–Kier alpha value is -0.550. The number of ketones is 1. The molecule has 0 aliphatic rings. The van der Waals surface area contributed by atoms with Gasteiger partial charge in [0.1, 0.15) is 5.78 Å². The van der Waals surface area contributed by atoms with Crippen molar-refractivity contribution >= 4 is 11.8 Å². The van der Waals surface area contributed by atoms with Gasteiger partial charge in [-0.3, -0.25) is 4.79 Å². The minimum absolute atomic E-state index is 0. The Balaban J connectivity index is 0.00000256. The molecule has 17 heavy (non-hydrogen) atoms. The Morgan fingerprint density at radius 3 is 2.59 bits per heavy atom. The van der Waals surface area contributed by atoms with Gasteiger partial charge in [-0.05, 0) is 12.5 Å². The third-order valence-corrected chi connectivity index (χ3v) is 2.26. The molecular formula is C12H15NaO4. The number of carbonyl (C=O) groups is 2. The van der Waals surface area contributed by atoms with Crippen molar-refractivity contribution in [2.75, 3.05) is 20.3 Å². The molecule has 0 saturated carbocycles. The van der Waals surface area contributed by atoms with Gasteiger partial charge in [-0.25, -0.2) is 0 Å². The number of ether oxygens (including phenoxy) is 2. The van der Waals surface area contributed by atoms with Crippen molar-refractivity contribution in [1.29, 1.82) is 0 Å². The van der Waals surface area contributed by atoms with Crippen LogP contribution in [0.4, 0.5) is 0 Å². The molecule has 0 aliphatic heterocycles. The molecule has 0 bridgehead atoms. The van der Waals surface area contributed by atoms with E-state index in [0.29, 0.717) is 17.7 Å². The van der Waals surface area contributed by atoms with Crippen LogP contribution in [0.2, 0.25) is 0 Å². The molecule has 1 aromatic rings. The summed E-state index contributed by atoms with van der Waals surface area (Å²) < 4.78 is 9.63. The van der Waals surface area contributed by atoms with Crippen LogP contribution in [0.5, 0.6) is 0 Å². The summed E-state index contributed by atoms with van der Waals surface area (Å²) in [5.41, 5.74) is 1.67. The second-order valence-electron chi connectivity index (χ2n) is 3.39. The first-order chi connectivity index (χ1) is 7.60. The molecular weight excluding hydrogens is 231 g/mol. The van der Waals surface area contributed by atoms with Crippen molar-refractivity contribution in [1.82, 2.24) is 0 Å². The van der Waals surface area contributed by atoms with Gasteiger partial charge in [0, 0.05) is 6.61 Å². The summed E-state index contributed by atoms with van der Waals surface area (Å²) in [5, 5.41) is 0. The number of esters is 1. The molecule has 0 radical (unpaired) electrons. The first-order valence-corrected chi connectivity index (χ1v) is 5.06. The van der Waals surface area contributed by atoms with Crippen molar-refractivity contribution < 1.29 is 48.6 Å². The Kier molecular flexibility index (Phi) is 7.46. The SMILES string of the molecule is CCOCC(=O)c1cc(C)[c-](C(=O)OC)c1.[Na+]. The van der Waals surface area contributed by atoms with E-state index in [0.717, 1.165) is 5.56 Å². The fourth-order valence-corrected chi connectivity index (χ4v) is 1.39. The van der Waals surface area contributed by atoms with Gasteiger partial charge in [0.05, 0.1) is 13.7 Å². The van der Waals surface area contributed by atoms with Gasteiger partial charge in [-0.1, -0.05) is 6.92 Å². The van der Waals surface area contributed by atoms with Crippen molar-refractivity contribution in [2.45, 2.75) is 13.8 Å². The number of aryl methyl sites for hydroxylation is 1. The van der Waals surface area contributed by atoms with Crippen LogP contribution in [0, 0.1) is 6.92 Å². The molecule has 1 rings (SSSR count). The third kappa shape index (κ3) is 4.32. The predicted molar refractivity (Wildman–Crippen MR) is 58.9 cm³/mol. The topological polar surface area (TPSA) is 52.6 Å². The number of hydrogen-bond donors (Lipinski definition) is 0. The molecule has 0 fully saturated rings. The van der Waals surface area contributed by atoms with E-state index in [1.165, 1.54) is 7.11 Å². The fraction of sp³-hybridized carbons (Fsp3) is 0.417. The van der Waals surface area contributed by atoms with Gasteiger partial charge >= 0.3 is 29.6 Å². The van der Waals surface area contributed by atoms with Gasteiger partial charge in [0.2, 0.25) is 0 Å².